The van der Waals surface area contributed by atoms with E-state index in [0.717, 1.165) is 6.07 Å². The number of allylic oxidation sites excluding steroid dienone is 1. The van der Waals surface area contributed by atoms with E-state index in [1.54, 1.807) is 0 Å². The summed E-state index contributed by atoms with van der Waals surface area (Å²) in [6.07, 6.45) is -5.55. The highest BCUT2D eigenvalue weighted by molar-refractivity contribution is 6.25. The molecule has 3 aliphatic rings. The normalized spacial score (nSPS) is 26.4. The van der Waals surface area contributed by atoms with Crippen molar-refractivity contribution in [3.8, 4) is 5.75 Å². The fourth-order valence-electron chi connectivity index (χ4n) is 5.99. The molecule has 40 heavy (non-hydrogen) atoms. The van der Waals surface area contributed by atoms with Crippen molar-refractivity contribution in [1.29, 1.82) is 0 Å². The molecule has 0 heterocycles. The molecule has 2 unspecified atom stereocenters. The summed E-state index contributed by atoms with van der Waals surface area (Å²) in [6, 6.07) is -0.105. The molecule has 216 valence electrons. The Hall–Kier alpha value is -4.11. The highest BCUT2D eigenvalue weighted by Crippen LogP contribution is 2.54. The molecule has 4 atom stereocenters. The van der Waals surface area contributed by atoms with Crippen molar-refractivity contribution >= 4 is 34.8 Å². The van der Waals surface area contributed by atoms with Crippen molar-refractivity contribution in [2.24, 2.45) is 17.6 Å². The van der Waals surface area contributed by atoms with Crippen molar-refractivity contribution in [3.63, 3.8) is 0 Å². The number of aromatic hydroxyl groups is 1. The first-order valence-electron chi connectivity index (χ1n) is 11.9. The van der Waals surface area contributed by atoms with Gasteiger partial charge in [-0.3, -0.25) is 24.1 Å². The van der Waals surface area contributed by atoms with Crippen molar-refractivity contribution in [1.82, 2.24) is 4.90 Å². The van der Waals surface area contributed by atoms with Crippen molar-refractivity contribution in [3.05, 3.63) is 39.9 Å². The van der Waals surface area contributed by atoms with Crippen LogP contribution in [0.4, 0.5) is 24.5 Å². The van der Waals surface area contributed by atoms with Gasteiger partial charge in [-0.05, 0) is 44.5 Å². The number of ketones is 2. The van der Waals surface area contributed by atoms with Gasteiger partial charge in [-0.15, -0.1) is 0 Å². The minimum absolute atomic E-state index is 0.0802. The lowest BCUT2D eigenvalue weighted by atomic mass is 9.58. The molecule has 1 aromatic carbocycles. The average Bonchev–Trinajstić information content (AvgIpc) is 2.81. The highest BCUT2D eigenvalue weighted by Gasteiger charge is 2.63. The predicted octanol–water partition coefficient (Wildman–Crippen LogP) is 0.687. The van der Waals surface area contributed by atoms with Crippen LogP contribution in [0, 0.1) is 11.8 Å². The molecule has 0 fully saturated rings. The molecule has 1 aromatic rings. The number of anilines is 2. The molecule has 7 N–H and O–H groups in total. The lowest BCUT2D eigenvalue weighted by Gasteiger charge is -2.50. The second kappa shape index (κ2) is 9.23. The lowest BCUT2D eigenvalue weighted by Crippen LogP contribution is -2.63. The standard InChI is InChI=1S/C25H27F3N4O8/c1-31(2)12-7-11(30-23(39)25(26,27)28)17(33)14-9(12)5-8-6-10-16(32(3)4)19(35)15(22(29)38)21(37)24(10,40)20(36)13(8)18(14)34/h7-8,10,16,33,35-36,40H,5-6H2,1-4H3,(H2,29,38)(H,30,39)/t8?,10?,16-,24-/m0/s1. The van der Waals surface area contributed by atoms with Crippen LogP contribution in [-0.2, 0) is 20.8 Å². The number of alkyl halides is 3. The van der Waals surface area contributed by atoms with Gasteiger partial charge in [0.2, 0.25) is 5.78 Å². The number of carbonyl (C=O) groups is 4. The van der Waals surface area contributed by atoms with Gasteiger partial charge in [0.15, 0.2) is 17.1 Å². The molecule has 15 heteroatoms. The Labute approximate surface area is 225 Å². The number of phenols is 1. The van der Waals surface area contributed by atoms with Gasteiger partial charge in [-0.2, -0.15) is 13.2 Å². The molecule has 0 spiro atoms. The van der Waals surface area contributed by atoms with Gasteiger partial charge in [0.1, 0.15) is 17.1 Å². The summed E-state index contributed by atoms with van der Waals surface area (Å²) in [5, 5.41) is 46.1. The number of aliphatic hydroxyl groups is 3. The summed E-state index contributed by atoms with van der Waals surface area (Å²) in [5.41, 5.74) is 0.0646. The maximum absolute atomic E-state index is 13.8. The van der Waals surface area contributed by atoms with Crippen molar-refractivity contribution in [2.75, 3.05) is 38.4 Å². The highest BCUT2D eigenvalue weighted by atomic mass is 19.4. The van der Waals surface area contributed by atoms with Crippen LogP contribution < -0.4 is 16.0 Å². The van der Waals surface area contributed by atoms with Crippen LogP contribution in [0.1, 0.15) is 22.3 Å². The van der Waals surface area contributed by atoms with Crippen LogP contribution in [-0.4, -0.2) is 94.7 Å². The monoisotopic (exact) mass is 568 g/mol. The van der Waals surface area contributed by atoms with Crippen LogP contribution in [0.2, 0.25) is 0 Å². The number of hydrogen-bond donors (Lipinski definition) is 6. The second-order valence-corrected chi connectivity index (χ2v) is 10.5. The van der Waals surface area contributed by atoms with E-state index >= 15 is 0 Å². The fourth-order valence-corrected chi connectivity index (χ4v) is 5.99. The third-order valence-corrected chi connectivity index (χ3v) is 7.69. The van der Waals surface area contributed by atoms with E-state index in [1.165, 1.54) is 43.3 Å². The maximum Gasteiger partial charge on any atom is 0.471 e. The molecule has 4 rings (SSSR count). The molecule has 0 saturated heterocycles. The summed E-state index contributed by atoms with van der Waals surface area (Å²) in [6.45, 7) is 0. The lowest BCUT2D eigenvalue weighted by molar-refractivity contribution is -0.167. The summed E-state index contributed by atoms with van der Waals surface area (Å²) in [5.74, 6) is -11.3. The van der Waals surface area contributed by atoms with E-state index in [-0.39, 0.29) is 24.1 Å². The van der Waals surface area contributed by atoms with Gasteiger partial charge in [-0.1, -0.05) is 0 Å². The molecular weight excluding hydrogens is 541 g/mol. The number of hydrogen-bond acceptors (Lipinski definition) is 10. The van der Waals surface area contributed by atoms with Gasteiger partial charge in [-0.25, -0.2) is 0 Å². The topological polar surface area (TPSA) is 194 Å². The number of primary amides is 1. The molecule has 0 saturated carbocycles. The van der Waals surface area contributed by atoms with Gasteiger partial charge >= 0.3 is 12.1 Å². The molecule has 0 bridgehead atoms. The summed E-state index contributed by atoms with van der Waals surface area (Å²) < 4.78 is 38.8. The average molecular weight is 569 g/mol. The number of carbonyl (C=O) groups excluding carboxylic acids is 4. The van der Waals surface area contributed by atoms with Crippen LogP contribution in [0.15, 0.2) is 28.7 Å². The second-order valence-electron chi connectivity index (χ2n) is 10.5. The number of halogens is 3. The molecular formula is C25H27F3N4O8. The van der Waals surface area contributed by atoms with Crippen molar-refractivity contribution < 1.29 is 52.8 Å². The molecule has 0 radical (unpaired) electrons. The summed E-state index contributed by atoms with van der Waals surface area (Å²) in [4.78, 5) is 53.6. The van der Waals surface area contributed by atoms with Crippen LogP contribution in [0.3, 0.4) is 0 Å². The van der Waals surface area contributed by atoms with E-state index < -0.39 is 92.7 Å². The first-order valence-corrected chi connectivity index (χ1v) is 11.9. The maximum atomic E-state index is 13.8. The van der Waals surface area contributed by atoms with Crippen molar-refractivity contribution in [2.45, 2.75) is 30.7 Å². The Morgan fingerprint density at radius 2 is 1.73 bits per heavy atom. The molecule has 0 aliphatic heterocycles. The van der Waals surface area contributed by atoms with Gasteiger partial charge < -0.3 is 36.4 Å². The number of benzene rings is 1. The number of phenolic OH excluding ortho intramolecular Hbond substituents is 1. The quantitative estimate of drug-likeness (QED) is 0.222. The Bertz CT molecular complexity index is 1430. The minimum atomic E-state index is -5.31. The smallest absolute Gasteiger partial charge is 0.471 e. The third-order valence-electron chi connectivity index (χ3n) is 7.69. The number of Topliss-reactive ketones (excluding diaryl/α,β-unsaturated/α-hetero) is 2. The van der Waals surface area contributed by atoms with E-state index in [1.807, 2.05) is 0 Å². The van der Waals surface area contributed by atoms with Crippen LogP contribution in [0.25, 0.3) is 0 Å². The zero-order chi connectivity index (χ0) is 30.2. The molecule has 2 amide bonds. The number of nitrogens with two attached hydrogens (primary N) is 1. The fraction of sp³-hybridized carbons (Fsp3) is 0.440. The van der Waals surface area contributed by atoms with Gasteiger partial charge in [0, 0.05) is 31.3 Å². The Kier molecular flexibility index (Phi) is 6.67. The van der Waals surface area contributed by atoms with E-state index in [2.05, 4.69) is 0 Å². The zero-order valence-electron chi connectivity index (χ0n) is 21.8. The Morgan fingerprint density at radius 1 is 1.12 bits per heavy atom. The van der Waals surface area contributed by atoms with E-state index in [4.69, 9.17) is 5.73 Å². The molecule has 3 aliphatic carbocycles. The number of nitrogens with one attached hydrogen (secondary N) is 1. The number of likely N-dealkylation sites (N-methyl/N-ethyl adjacent to an activating group) is 1. The number of fused-ring (bicyclic) bond motifs is 3. The summed E-state index contributed by atoms with van der Waals surface area (Å²) in [7, 11) is 6.02. The van der Waals surface area contributed by atoms with Gasteiger partial charge in [0.25, 0.3) is 5.91 Å². The van der Waals surface area contributed by atoms with Crippen LogP contribution >= 0.6 is 0 Å². The zero-order valence-corrected chi connectivity index (χ0v) is 21.8. The van der Waals surface area contributed by atoms with Gasteiger partial charge in [0.05, 0.1) is 17.3 Å². The number of rotatable bonds is 4. The first-order chi connectivity index (χ1) is 18.3. The number of nitrogens with zero attached hydrogens (tertiary/aromatic N) is 2. The summed E-state index contributed by atoms with van der Waals surface area (Å²) >= 11 is 0. The Balaban J connectivity index is 1.96. The third kappa shape index (κ3) is 3.99. The van der Waals surface area contributed by atoms with Crippen LogP contribution in [0.5, 0.6) is 5.75 Å². The predicted molar refractivity (Wildman–Crippen MR) is 133 cm³/mol. The SMILES string of the molecule is CN(C)c1cc(NC(=O)C(F)(F)F)c(O)c2c1CC1CC3[C@H](N(C)C)C(O)=C(C(N)=O)C(=O)[C@@]3(O)C(O)=C1C2=O. The first kappa shape index (κ1) is 28.9. The Morgan fingerprint density at radius 3 is 2.23 bits per heavy atom. The minimum Gasteiger partial charge on any atom is -0.510 e. The van der Waals surface area contributed by atoms with E-state index in [0.29, 0.717) is 0 Å². The molecule has 0 aromatic heterocycles. The molecule has 12 nitrogen and oxygen atoms in total. The number of amides is 2. The van der Waals surface area contributed by atoms with E-state index in [9.17, 15) is 52.8 Å². The number of aliphatic hydroxyl groups excluding tert-OH is 2. The largest absolute Gasteiger partial charge is 0.510 e.